The van der Waals surface area contributed by atoms with E-state index in [2.05, 4.69) is 5.10 Å². The monoisotopic (exact) mass is 459 g/mol. The third kappa shape index (κ3) is 3.72. The number of carbonyl (C=O) groups is 2. The quantitative estimate of drug-likeness (QED) is 0.715. The van der Waals surface area contributed by atoms with Crippen molar-refractivity contribution >= 4 is 35.1 Å². The van der Waals surface area contributed by atoms with Gasteiger partial charge in [-0.3, -0.25) is 9.48 Å². The molecule has 0 spiro atoms. The molecule has 11 heteroatoms. The molecule has 3 amide bonds. The maximum atomic E-state index is 13.9. The highest BCUT2D eigenvalue weighted by Crippen LogP contribution is 2.47. The number of fused-ring (bicyclic) bond motifs is 1. The molecule has 3 rings (SSSR count). The van der Waals surface area contributed by atoms with Crippen molar-refractivity contribution in [2.75, 3.05) is 6.54 Å². The van der Waals surface area contributed by atoms with Crippen LogP contribution in [0.25, 0.3) is 11.3 Å². The summed E-state index contributed by atoms with van der Waals surface area (Å²) in [5.74, 6) is -0.870. The van der Waals surface area contributed by atoms with Gasteiger partial charge in [-0.05, 0) is 17.5 Å². The summed E-state index contributed by atoms with van der Waals surface area (Å²) in [6, 6.07) is 1.35. The molecule has 2 atom stereocenters. The molecule has 1 aliphatic rings. The van der Waals surface area contributed by atoms with Crippen LogP contribution in [0.2, 0.25) is 10.0 Å². The van der Waals surface area contributed by atoms with E-state index in [9.17, 15) is 18.4 Å². The van der Waals surface area contributed by atoms with Gasteiger partial charge in [0.15, 0.2) is 0 Å². The molecule has 1 aliphatic heterocycles. The molecule has 0 saturated carbocycles. The van der Waals surface area contributed by atoms with E-state index in [1.54, 1.807) is 26.8 Å². The molecule has 0 radical (unpaired) electrons. The molecule has 1 aromatic heterocycles. The molecule has 0 bridgehead atoms. The number of urea groups is 1. The number of amides is 3. The second-order valence-corrected chi connectivity index (χ2v) is 9.02. The summed E-state index contributed by atoms with van der Waals surface area (Å²) in [6.07, 6.45) is -2.87. The van der Waals surface area contributed by atoms with E-state index in [-0.39, 0.29) is 33.5 Å². The fraction of sp³-hybridized carbons (Fsp3) is 0.421. The summed E-state index contributed by atoms with van der Waals surface area (Å²) in [7, 11) is 0. The zero-order valence-corrected chi connectivity index (χ0v) is 18.0. The normalized spacial score (nSPS) is 19.1. The highest BCUT2D eigenvalue weighted by atomic mass is 35.5. The van der Waals surface area contributed by atoms with Gasteiger partial charge in [0.2, 0.25) is 0 Å². The molecule has 0 saturated heterocycles. The van der Waals surface area contributed by atoms with Gasteiger partial charge >= 0.3 is 6.03 Å². The molecular weight excluding hydrogens is 439 g/mol. The van der Waals surface area contributed by atoms with Gasteiger partial charge in [-0.25, -0.2) is 13.6 Å². The highest BCUT2D eigenvalue weighted by Gasteiger charge is 2.47. The van der Waals surface area contributed by atoms with Gasteiger partial charge < -0.3 is 16.4 Å². The van der Waals surface area contributed by atoms with E-state index in [1.165, 1.54) is 12.1 Å². The summed E-state index contributed by atoms with van der Waals surface area (Å²) in [5, 5.41) is 4.81. The molecule has 0 fully saturated rings. The van der Waals surface area contributed by atoms with Crippen molar-refractivity contribution in [2.24, 2.45) is 16.9 Å². The number of nitrogens with zero attached hydrogens (tertiary/aromatic N) is 3. The summed E-state index contributed by atoms with van der Waals surface area (Å²) in [4.78, 5) is 25.8. The van der Waals surface area contributed by atoms with Crippen LogP contribution >= 0.6 is 23.2 Å². The Kier molecular flexibility index (Phi) is 5.72. The number of hydrogen-bond donors (Lipinski definition) is 2. The van der Waals surface area contributed by atoms with Gasteiger partial charge in [0, 0.05) is 5.56 Å². The van der Waals surface area contributed by atoms with E-state index in [1.807, 2.05) is 0 Å². The van der Waals surface area contributed by atoms with Crippen LogP contribution in [0.3, 0.4) is 0 Å². The minimum Gasteiger partial charge on any atom is -0.365 e. The average molecular weight is 460 g/mol. The van der Waals surface area contributed by atoms with Crippen LogP contribution in [0.5, 0.6) is 0 Å². The van der Waals surface area contributed by atoms with Crippen LogP contribution in [0.15, 0.2) is 18.2 Å². The number of alkyl halides is 2. The number of primary amides is 2. The zero-order chi connectivity index (χ0) is 22.5. The lowest BCUT2D eigenvalue weighted by molar-refractivity contribution is 0.00994. The summed E-state index contributed by atoms with van der Waals surface area (Å²) < 4.78 is 28.9. The van der Waals surface area contributed by atoms with Crippen LogP contribution in [-0.4, -0.2) is 39.6 Å². The van der Waals surface area contributed by atoms with E-state index < -0.39 is 35.9 Å². The molecule has 0 aliphatic carbocycles. The Morgan fingerprint density at radius 3 is 2.30 bits per heavy atom. The first-order valence-corrected chi connectivity index (χ1v) is 9.82. The standard InChI is InChI=1S/C19H21Cl2F2N5O2/c1-19(2,3)15-14-12(17(24)29)13(8-4-5-9(20)10(21)6-8)26-28(14)11(16(22)23)7-27(15)18(25)30/h4-6,11,15-16H,7H2,1-3H3,(H2,24,29)(H2,25,30). The summed E-state index contributed by atoms with van der Waals surface area (Å²) >= 11 is 12.1. The lowest BCUT2D eigenvalue weighted by Crippen LogP contribution is -2.52. The first-order valence-electron chi connectivity index (χ1n) is 9.06. The third-order valence-electron chi connectivity index (χ3n) is 5.05. The molecule has 2 aromatic rings. The van der Waals surface area contributed by atoms with Crippen LogP contribution in [-0.2, 0) is 0 Å². The SMILES string of the molecule is CC(C)(C)C1c2c(C(N)=O)c(-c3ccc(Cl)c(Cl)c3)nn2C(C(F)F)CN1C(N)=O. The molecule has 30 heavy (non-hydrogen) atoms. The van der Waals surface area contributed by atoms with Gasteiger partial charge in [-0.15, -0.1) is 0 Å². The van der Waals surface area contributed by atoms with Gasteiger partial charge in [-0.2, -0.15) is 5.10 Å². The molecule has 162 valence electrons. The van der Waals surface area contributed by atoms with Crippen molar-refractivity contribution in [1.29, 1.82) is 0 Å². The first kappa shape index (κ1) is 22.3. The third-order valence-corrected chi connectivity index (χ3v) is 5.79. The first-order chi connectivity index (χ1) is 13.8. The lowest BCUT2D eigenvalue weighted by Gasteiger charge is -2.45. The molecule has 4 N–H and O–H groups in total. The topological polar surface area (TPSA) is 107 Å². The van der Waals surface area contributed by atoms with Crippen LogP contribution in [0, 0.1) is 5.41 Å². The number of hydrogen-bond acceptors (Lipinski definition) is 3. The van der Waals surface area contributed by atoms with Crippen molar-refractivity contribution in [1.82, 2.24) is 14.7 Å². The molecule has 7 nitrogen and oxygen atoms in total. The van der Waals surface area contributed by atoms with Crippen LogP contribution in [0.1, 0.15) is 48.9 Å². The van der Waals surface area contributed by atoms with Crippen LogP contribution in [0.4, 0.5) is 13.6 Å². The Balaban J connectivity index is 2.38. The number of nitrogens with two attached hydrogens (primary N) is 2. The molecule has 1 aromatic carbocycles. The van der Waals surface area contributed by atoms with Gasteiger partial charge in [-0.1, -0.05) is 50.0 Å². The average Bonchev–Trinajstić information content (AvgIpc) is 3.01. The Hall–Kier alpha value is -2.39. The molecule has 2 heterocycles. The predicted molar refractivity (Wildman–Crippen MR) is 110 cm³/mol. The summed E-state index contributed by atoms with van der Waals surface area (Å²) in [6.45, 7) is 5.05. The second kappa shape index (κ2) is 7.70. The number of benzene rings is 1. The lowest BCUT2D eigenvalue weighted by atomic mass is 9.80. The number of carbonyl (C=O) groups excluding carboxylic acids is 2. The van der Waals surface area contributed by atoms with E-state index in [0.29, 0.717) is 5.56 Å². The highest BCUT2D eigenvalue weighted by molar-refractivity contribution is 6.42. The van der Waals surface area contributed by atoms with Crippen molar-refractivity contribution < 1.29 is 18.4 Å². The number of halogens is 4. The Labute approximate surface area is 181 Å². The Bertz CT molecular complexity index is 1020. The fourth-order valence-corrected chi connectivity index (χ4v) is 4.16. The molecular formula is C19H21Cl2F2N5O2. The van der Waals surface area contributed by atoms with Gasteiger partial charge in [0.05, 0.1) is 33.9 Å². The van der Waals surface area contributed by atoms with E-state index in [4.69, 9.17) is 34.7 Å². The van der Waals surface area contributed by atoms with Crippen molar-refractivity contribution in [3.63, 3.8) is 0 Å². The predicted octanol–water partition coefficient (Wildman–Crippen LogP) is 4.24. The fourth-order valence-electron chi connectivity index (χ4n) is 3.86. The summed E-state index contributed by atoms with van der Waals surface area (Å²) in [5.41, 5.74) is 11.0. The second-order valence-electron chi connectivity index (χ2n) is 8.21. The van der Waals surface area contributed by atoms with Crippen LogP contribution < -0.4 is 11.5 Å². The minimum absolute atomic E-state index is 0.0649. The number of aromatic nitrogens is 2. The zero-order valence-electron chi connectivity index (χ0n) is 16.5. The van der Waals surface area contributed by atoms with Crippen molar-refractivity contribution in [3.05, 3.63) is 39.5 Å². The Morgan fingerprint density at radius 2 is 1.83 bits per heavy atom. The van der Waals surface area contributed by atoms with Crippen molar-refractivity contribution in [3.8, 4) is 11.3 Å². The smallest absolute Gasteiger partial charge is 0.315 e. The largest absolute Gasteiger partial charge is 0.365 e. The van der Waals surface area contributed by atoms with Gasteiger partial charge in [0.1, 0.15) is 11.7 Å². The number of rotatable bonds is 3. The van der Waals surface area contributed by atoms with E-state index >= 15 is 0 Å². The maximum absolute atomic E-state index is 13.9. The van der Waals surface area contributed by atoms with E-state index in [0.717, 1.165) is 9.58 Å². The maximum Gasteiger partial charge on any atom is 0.315 e. The van der Waals surface area contributed by atoms with Crippen molar-refractivity contribution in [2.45, 2.75) is 39.3 Å². The van der Waals surface area contributed by atoms with Gasteiger partial charge in [0.25, 0.3) is 12.3 Å². The minimum atomic E-state index is -2.87. The molecule has 2 unspecified atom stereocenters. The Morgan fingerprint density at radius 1 is 1.20 bits per heavy atom.